The minimum atomic E-state index is -0.645. The zero-order valence-corrected chi connectivity index (χ0v) is 13.6. The number of rotatable bonds is 2. The summed E-state index contributed by atoms with van der Waals surface area (Å²) in [6.07, 6.45) is 4.89. The molecule has 2 aliphatic heterocycles. The molecular weight excluding hydrogens is 288 g/mol. The Kier molecular flexibility index (Phi) is 3.74. The normalized spacial score (nSPS) is 31.7. The van der Waals surface area contributed by atoms with Crippen LogP contribution in [0.5, 0.6) is 0 Å². The highest BCUT2D eigenvalue weighted by Crippen LogP contribution is 2.39. The topological polar surface area (TPSA) is 45.6 Å². The summed E-state index contributed by atoms with van der Waals surface area (Å²) in [5, 5.41) is 12.0. The van der Waals surface area contributed by atoms with E-state index in [0.717, 1.165) is 31.3 Å². The Morgan fingerprint density at radius 2 is 2.17 bits per heavy atom. The smallest absolute Gasteiger partial charge is 0.0722 e. The Morgan fingerprint density at radius 3 is 3.04 bits per heavy atom. The number of fused-ring (bicyclic) bond motifs is 1. The molecule has 2 fully saturated rings. The molecular formula is C19H24N2O2. The molecule has 2 saturated heterocycles. The number of hydrogen-bond acceptors (Lipinski definition) is 4. The van der Waals surface area contributed by atoms with E-state index in [1.165, 1.54) is 11.1 Å². The molecule has 4 heteroatoms. The third-order valence-corrected chi connectivity index (χ3v) is 5.55. The van der Waals surface area contributed by atoms with E-state index in [0.29, 0.717) is 19.3 Å². The van der Waals surface area contributed by atoms with Crippen LogP contribution in [-0.4, -0.2) is 41.5 Å². The van der Waals surface area contributed by atoms with Crippen molar-refractivity contribution in [1.29, 1.82) is 0 Å². The van der Waals surface area contributed by atoms with Crippen molar-refractivity contribution in [2.75, 3.05) is 24.7 Å². The molecule has 2 aliphatic rings. The van der Waals surface area contributed by atoms with E-state index in [1.54, 1.807) is 0 Å². The highest BCUT2D eigenvalue weighted by atomic mass is 16.5. The molecule has 0 amide bonds. The molecule has 1 aromatic heterocycles. The molecule has 1 N–H and O–H groups in total. The second-order valence-corrected chi connectivity index (χ2v) is 7.04. The first kappa shape index (κ1) is 14.9. The lowest BCUT2D eigenvalue weighted by molar-refractivity contribution is -0.108. The number of aliphatic hydroxyl groups is 1. The number of pyridine rings is 1. The summed E-state index contributed by atoms with van der Waals surface area (Å²) in [4.78, 5) is 6.95. The number of nitrogens with zero attached hydrogens (tertiary/aromatic N) is 2. The second kappa shape index (κ2) is 5.77. The van der Waals surface area contributed by atoms with Crippen LogP contribution in [0.25, 0.3) is 10.9 Å². The molecule has 3 atom stereocenters. The molecule has 0 aliphatic carbocycles. The third kappa shape index (κ3) is 2.60. The minimum Gasteiger partial charge on any atom is -0.390 e. The third-order valence-electron chi connectivity index (χ3n) is 5.55. The second-order valence-electron chi connectivity index (χ2n) is 7.04. The van der Waals surface area contributed by atoms with Crippen molar-refractivity contribution in [3.63, 3.8) is 0 Å². The maximum Gasteiger partial charge on any atom is 0.0722 e. The Morgan fingerprint density at radius 1 is 1.30 bits per heavy atom. The number of benzene rings is 1. The Bertz CT molecular complexity index is 695. The standard InChI is InChI=1S/C19H24N2O2/c1-19(22)9-12-23-13-15(19)18-7-4-11-21(18)17-8-10-20-16-6-3-2-5-14(16)17/h2-3,5-6,8,10,15,18,22H,4,7,9,11-13H2,1H3/t15-,18+,19+/m1/s1. The van der Waals surface area contributed by atoms with Crippen LogP contribution >= 0.6 is 0 Å². The van der Waals surface area contributed by atoms with Gasteiger partial charge in [0.1, 0.15) is 0 Å². The predicted octanol–water partition coefficient (Wildman–Crippen LogP) is 2.99. The van der Waals surface area contributed by atoms with Crippen LogP contribution in [0.3, 0.4) is 0 Å². The number of anilines is 1. The number of para-hydroxylation sites is 1. The van der Waals surface area contributed by atoms with Gasteiger partial charge in [0.2, 0.25) is 0 Å². The highest BCUT2D eigenvalue weighted by Gasteiger charge is 2.44. The van der Waals surface area contributed by atoms with Gasteiger partial charge in [0, 0.05) is 42.4 Å². The lowest BCUT2D eigenvalue weighted by atomic mass is 9.79. The van der Waals surface area contributed by atoms with Gasteiger partial charge in [-0.2, -0.15) is 0 Å². The summed E-state index contributed by atoms with van der Waals surface area (Å²) in [5.41, 5.74) is 1.62. The summed E-state index contributed by atoms with van der Waals surface area (Å²) in [6.45, 7) is 4.32. The lowest BCUT2D eigenvalue weighted by Gasteiger charge is -2.44. The monoisotopic (exact) mass is 312 g/mol. The molecule has 0 saturated carbocycles. The Balaban J connectivity index is 1.72. The zero-order valence-electron chi connectivity index (χ0n) is 13.6. The van der Waals surface area contributed by atoms with E-state index < -0.39 is 5.60 Å². The van der Waals surface area contributed by atoms with Gasteiger partial charge in [0.25, 0.3) is 0 Å². The maximum absolute atomic E-state index is 10.9. The van der Waals surface area contributed by atoms with Crippen molar-refractivity contribution < 1.29 is 9.84 Å². The number of hydrogen-bond donors (Lipinski definition) is 1. The van der Waals surface area contributed by atoms with Crippen molar-refractivity contribution in [3.05, 3.63) is 36.5 Å². The predicted molar refractivity (Wildman–Crippen MR) is 91.7 cm³/mol. The van der Waals surface area contributed by atoms with Gasteiger partial charge >= 0.3 is 0 Å². The first-order valence-electron chi connectivity index (χ1n) is 8.57. The average molecular weight is 312 g/mol. The van der Waals surface area contributed by atoms with Crippen molar-refractivity contribution in [2.24, 2.45) is 5.92 Å². The van der Waals surface area contributed by atoms with Gasteiger partial charge in [-0.1, -0.05) is 18.2 Å². The first-order chi connectivity index (χ1) is 11.2. The van der Waals surface area contributed by atoms with Crippen LogP contribution in [0, 0.1) is 5.92 Å². The molecule has 0 bridgehead atoms. The van der Waals surface area contributed by atoms with Crippen LogP contribution in [-0.2, 0) is 4.74 Å². The lowest BCUT2D eigenvalue weighted by Crippen LogP contribution is -2.52. The average Bonchev–Trinajstić information content (AvgIpc) is 3.03. The van der Waals surface area contributed by atoms with Crippen molar-refractivity contribution in [1.82, 2.24) is 4.98 Å². The Labute approximate surface area is 137 Å². The molecule has 0 radical (unpaired) electrons. The summed E-state index contributed by atoms with van der Waals surface area (Å²) in [5.74, 6) is 0.158. The molecule has 23 heavy (non-hydrogen) atoms. The van der Waals surface area contributed by atoms with E-state index in [4.69, 9.17) is 4.74 Å². The van der Waals surface area contributed by atoms with E-state index in [-0.39, 0.29) is 5.92 Å². The maximum atomic E-state index is 10.9. The molecule has 1 aromatic carbocycles. The fraction of sp³-hybridized carbons (Fsp3) is 0.526. The van der Waals surface area contributed by atoms with E-state index in [9.17, 15) is 5.11 Å². The van der Waals surface area contributed by atoms with Gasteiger partial charge in [0.05, 0.1) is 17.7 Å². The molecule has 122 valence electrons. The van der Waals surface area contributed by atoms with Gasteiger partial charge in [0.15, 0.2) is 0 Å². The van der Waals surface area contributed by atoms with Crippen molar-refractivity contribution in [3.8, 4) is 0 Å². The molecule has 0 spiro atoms. The van der Waals surface area contributed by atoms with Crippen LogP contribution in [0.1, 0.15) is 26.2 Å². The van der Waals surface area contributed by atoms with Crippen molar-refractivity contribution in [2.45, 2.75) is 37.8 Å². The van der Waals surface area contributed by atoms with Crippen LogP contribution < -0.4 is 4.90 Å². The Hall–Kier alpha value is -1.65. The summed E-state index contributed by atoms with van der Waals surface area (Å²) in [7, 11) is 0. The van der Waals surface area contributed by atoms with Crippen LogP contribution in [0.4, 0.5) is 5.69 Å². The molecule has 4 rings (SSSR count). The minimum absolute atomic E-state index is 0.158. The zero-order chi connectivity index (χ0) is 15.9. The largest absolute Gasteiger partial charge is 0.390 e. The summed E-state index contributed by atoms with van der Waals surface area (Å²) < 4.78 is 5.70. The van der Waals surface area contributed by atoms with E-state index in [2.05, 4.69) is 34.1 Å². The summed E-state index contributed by atoms with van der Waals surface area (Å²) in [6, 6.07) is 10.7. The molecule has 2 aromatic rings. The fourth-order valence-corrected chi connectivity index (χ4v) is 4.22. The number of ether oxygens (including phenoxy) is 1. The van der Waals surface area contributed by atoms with Crippen molar-refractivity contribution >= 4 is 16.6 Å². The SMILES string of the molecule is C[C@]1(O)CCOC[C@@H]1[C@@H]1CCCN1c1ccnc2ccccc12. The summed E-state index contributed by atoms with van der Waals surface area (Å²) >= 11 is 0. The van der Waals surface area contributed by atoms with Crippen LogP contribution in [0.2, 0.25) is 0 Å². The fourth-order valence-electron chi connectivity index (χ4n) is 4.22. The van der Waals surface area contributed by atoms with E-state index in [1.807, 2.05) is 19.2 Å². The first-order valence-corrected chi connectivity index (χ1v) is 8.57. The van der Waals surface area contributed by atoms with Gasteiger partial charge in [-0.15, -0.1) is 0 Å². The van der Waals surface area contributed by atoms with Gasteiger partial charge in [-0.25, -0.2) is 0 Å². The quantitative estimate of drug-likeness (QED) is 0.926. The van der Waals surface area contributed by atoms with E-state index >= 15 is 0 Å². The highest BCUT2D eigenvalue weighted by molar-refractivity contribution is 5.91. The van der Waals surface area contributed by atoms with Gasteiger partial charge < -0.3 is 14.7 Å². The molecule has 0 unspecified atom stereocenters. The van der Waals surface area contributed by atoms with Crippen LogP contribution in [0.15, 0.2) is 36.5 Å². The molecule has 4 nitrogen and oxygen atoms in total. The van der Waals surface area contributed by atoms with Gasteiger partial charge in [-0.3, -0.25) is 4.98 Å². The number of aromatic nitrogens is 1. The molecule has 3 heterocycles. The van der Waals surface area contributed by atoms with Gasteiger partial charge in [-0.05, 0) is 38.3 Å².